The molecule has 1 aliphatic carbocycles. The fraction of sp³-hybridized carbons (Fsp3) is 1.00. The van der Waals surface area contributed by atoms with Gasteiger partial charge in [-0.1, -0.05) is 53.9 Å². The summed E-state index contributed by atoms with van der Waals surface area (Å²) in [5.41, 5.74) is 0.679. The summed E-state index contributed by atoms with van der Waals surface area (Å²) in [7, 11) is 0. The van der Waals surface area contributed by atoms with Gasteiger partial charge in [0.1, 0.15) is 0 Å². The lowest BCUT2D eigenvalue weighted by Gasteiger charge is -2.37. The van der Waals surface area contributed by atoms with Crippen molar-refractivity contribution in [3.63, 3.8) is 0 Å². The zero-order chi connectivity index (χ0) is 14.3. The van der Waals surface area contributed by atoms with Crippen molar-refractivity contribution in [3.05, 3.63) is 0 Å². The van der Waals surface area contributed by atoms with Crippen LogP contribution in [0.25, 0.3) is 0 Å². The molecule has 1 nitrogen and oxygen atoms in total. The summed E-state index contributed by atoms with van der Waals surface area (Å²) >= 11 is 0. The van der Waals surface area contributed by atoms with Crippen molar-refractivity contribution in [1.82, 2.24) is 0 Å². The molecule has 0 amide bonds. The molecule has 0 aromatic heterocycles. The molecule has 1 heteroatoms. The molecule has 1 saturated heterocycles. The molecular formula is C18H36O. The minimum Gasteiger partial charge on any atom is -0.381 e. The zero-order valence-corrected chi connectivity index (χ0v) is 14.0. The van der Waals surface area contributed by atoms with Crippen LogP contribution in [0, 0.1) is 23.2 Å². The highest BCUT2D eigenvalue weighted by molar-refractivity contribution is 4.80. The fourth-order valence-electron chi connectivity index (χ4n) is 3.32. The van der Waals surface area contributed by atoms with Crippen molar-refractivity contribution in [2.75, 3.05) is 13.2 Å². The quantitative estimate of drug-likeness (QED) is 0.626. The van der Waals surface area contributed by atoms with Gasteiger partial charge in [-0.3, -0.25) is 0 Å². The molecule has 19 heavy (non-hydrogen) atoms. The van der Waals surface area contributed by atoms with E-state index in [0.717, 1.165) is 31.0 Å². The van der Waals surface area contributed by atoms with Gasteiger partial charge >= 0.3 is 0 Å². The average Bonchev–Trinajstić information content (AvgIpc) is 2.41. The molecule has 2 aliphatic rings. The highest BCUT2D eigenvalue weighted by atomic mass is 16.5. The summed E-state index contributed by atoms with van der Waals surface area (Å²) in [5, 5.41) is 0. The second kappa shape index (κ2) is 8.29. The van der Waals surface area contributed by atoms with E-state index >= 15 is 0 Å². The molecule has 0 radical (unpaired) electrons. The van der Waals surface area contributed by atoms with E-state index in [0.29, 0.717) is 5.41 Å². The van der Waals surface area contributed by atoms with E-state index < -0.39 is 0 Å². The first-order valence-electron chi connectivity index (χ1n) is 8.53. The van der Waals surface area contributed by atoms with Gasteiger partial charge in [-0.15, -0.1) is 0 Å². The van der Waals surface area contributed by atoms with Gasteiger partial charge in [-0.05, 0) is 48.9 Å². The number of ether oxygens (including phenoxy) is 1. The van der Waals surface area contributed by atoms with Gasteiger partial charge in [0.05, 0.1) is 0 Å². The average molecular weight is 268 g/mol. The van der Waals surface area contributed by atoms with E-state index in [1.54, 1.807) is 0 Å². The summed E-state index contributed by atoms with van der Waals surface area (Å²) in [4.78, 5) is 0. The van der Waals surface area contributed by atoms with Crippen molar-refractivity contribution in [2.45, 2.75) is 79.6 Å². The zero-order valence-electron chi connectivity index (χ0n) is 14.0. The Morgan fingerprint density at radius 3 is 1.74 bits per heavy atom. The molecule has 1 aliphatic heterocycles. The predicted octanol–water partition coefficient (Wildman–Crippen LogP) is 5.68. The summed E-state index contributed by atoms with van der Waals surface area (Å²) < 4.78 is 5.25. The van der Waals surface area contributed by atoms with E-state index in [-0.39, 0.29) is 0 Å². The Bertz CT molecular complexity index is 220. The summed E-state index contributed by atoms with van der Waals surface area (Å²) in [6.07, 6.45) is 9.89. The van der Waals surface area contributed by atoms with E-state index in [1.165, 1.54) is 44.9 Å². The topological polar surface area (TPSA) is 9.23 Å². The van der Waals surface area contributed by atoms with Gasteiger partial charge in [0.2, 0.25) is 0 Å². The van der Waals surface area contributed by atoms with E-state index in [4.69, 9.17) is 4.74 Å². The molecule has 0 atom stereocenters. The largest absolute Gasteiger partial charge is 0.381 e. The van der Waals surface area contributed by atoms with E-state index in [2.05, 4.69) is 34.6 Å². The van der Waals surface area contributed by atoms with Crippen LogP contribution in [0.1, 0.15) is 79.6 Å². The number of hydrogen-bond acceptors (Lipinski definition) is 1. The molecule has 2 fully saturated rings. The third-order valence-electron chi connectivity index (χ3n) is 5.60. The first-order valence-corrected chi connectivity index (χ1v) is 8.53. The standard InChI is InChI=1S/C10H20.C8H16O/c1-9(2)10(3)7-5-4-6-8-10;1-7(2)8-3-5-9-6-4-8/h9H,4-8H2,1-3H3;7-8H,3-6H2,1-2H3. The highest BCUT2D eigenvalue weighted by Crippen LogP contribution is 2.41. The van der Waals surface area contributed by atoms with Gasteiger partial charge in [0.25, 0.3) is 0 Å². The lowest BCUT2D eigenvalue weighted by molar-refractivity contribution is 0.0523. The molecule has 0 N–H and O–H groups in total. The second-order valence-electron chi connectivity index (χ2n) is 7.56. The van der Waals surface area contributed by atoms with Crippen molar-refractivity contribution in [3.8, 4) is 0 Å². The van der Waals surface area contributed by atoms with Crippen LogP contribution in [-0.2, 0) is 4.74 Å². The van der Waals surface area contributed by atoms with Crippen LogP contribution in [-0.4, -0.2) is 13.2 Å². The van der Waals surface area contributed by atoms with Gasteiger partial charge in [-0.25, -0.2) is 0 Å². The molecule has 1 heterocycles. The van der Waals surface area contributed by atoms with Crippen LogP contribution in [0.2, 0.25) is 0 Å². The van der Waals surface area contributed by atoms with Gasteiger partial charge < -0.3 is 4.74 Å². The smallest absolute Gasteiger partial charge is 0.0468 e. The first-order chi connectivity index (χ1) is 8.96. The van der Waals surface area contributed by atoms with Crippen molar-refractivity contribution >= 4 is 0 Å². The molecule has 1 saturated carbocycles. The summed E-state index contributed by atoms with van der Waals surface area (Å²) in [6.45, 7) is 13.8. The van der Waals surface area contributed by atoms with Crippen LogP contribution in [0.4, 0.5) is 0 Å². The lowest BCUT2D eigenvalue weighted by Crippen LogP contribution is -2.25. The normalized spacial score (nSPS) is 24.2. The Morgan fingerprint density at radius 2 is 1.42 bits per heavy atom. The third-order valence-corrected chi connectivity index (χ3v) is 5.60. The monoisotopic (exact) mass is 268 g/mol. The molecule has 0 aromatic carbocycles. The molecule has 0 bridgehead atoms. The first kappa shape index (κ1) is 17.0. The maximum Gasteiger partial charge on any atom is 0.0468 e. The Morgan fingerprint density at radius 1 is 0.895 bits per heavy atom. The maximum atomic E-state index is 5.25. The lowest BCUT2D eigenvalue weighted by atomic mass is 9.69. The Kier molecular flexibility index (Phi) is 7.42. The fourth-order valence-corrected chi connectivity index (χ4v) is 3.32. The van der Waals surface area contributed by atoms with E-state index in [1.807, 2.05) is 0 Å². The SMILES string of the molecule is CC(C)C1(C)CCCCC1.CC(C)C1CCOCC1. The molecule has 0 unspecified atom stereocenters. The Balaban J connectivity index is 0.000000191. The van der Waals surface area contributed by atoms with Gasteiger partial charge in [-0.2, -0.15) is 0 Å². The number of hydrogen-bond donors (Lipinski definition) is 0. The third kappa shape index (κ3) is 5.85. The van der Waals surface area contributed by atoms with Crippen molar-refractivity contribution in [1.29, 1.82) is 0 Å². The van der Waals surface area contributed by atoms with Crippen LogP contribution in [0.3, 0.4) is 0 Å². The Hall–Kier alpha value is -0.0400. The highest BCUT2D eigenvalue weighted by Gasteiger charge is 2.29. The summed E-state index contributed by atoms with van der Waals surface area (Å²) in [5.74, 6) is 2.67. The molecule has 0 spiro atoms. The van der Waals surface area contributed by atoms with Crippen molar-refractivity contribution in [2.24, 2.45) is 23.2 Å². The van der Waals surface area contributed by atoms with Crippen molar-refractivity contribution < 1.29 is 4.74 Å². The maximum absolute atomic E-state index is 5.25. The van der Waals surface area contributed by atoms with Gasteiger partial charge in [0.15, 0.2) is 0 Å². The van der Waals surface area contributed by atoms with Gasteiger partial charge in [0, 0.05) is 13.2 Å². The predicted molar refractivity (Wildman–Crippen MR) is 84.4 cm³/mol. The minimum absolute atomic E-state index is 0.679. The second-order valence-corrected chi connectivity index (χ2v) is 7.56. The summed E-state index contributed by atoms with van der Waals surface area (Å²) in [6, 6.07) is 0. The van der Waals surface area contributed by atoms with Crippen LogP contribution in [0.15, 0.2) is 0 Å². The molecule has 2 rings (SSSR count). The van der Waals surface area contributed by atoms with E-state index in [9.17, 15) is 0 Å². The van der Waals surface area contributed by atoms with Crippen LogP contribution < -0.4 is 0 Å². The number of rotatable bonds is 2. The minimum atomic E-state index is 0.679. The van der Waals surface area contributed by atoms with Crippen LogP contribution in [0.5, 0.6) is 0 Å². The van der Waals surface area contributed by atoms with Crippen LogP contribution >= 0.6 is 0 Å². The molecular weight excluding hydrogens is 232 g/mol. The molecule has 114 valence electrons. The molecule has 0 aromatic rings. The Labute approximate surface area is 121 Å².